The van der Waals surface area contributed by atoms with E-state index >= 15 is 0 Å². The van der Waals surface area contributed by atoms with Crippen molar-refractivity contribution in [1.29, 1.82) is 0 Å². The van der Waals surface area contributed by atoms with Crippen LogP contribution in [0.1, 0.15) is 36.1 Å². The maximum atomic E-state index is 13.3. The highest BCUT2D eigenvalue weighted by Gasteiger charge is 2.27. The number of hydrogen-bond acceptors (Lipinski definition) is 3. The molecule has 0 aliphatic rings. The minimum atomic E-state index is -1.56. The summed E-state index contributed by atoms with van der Waals surface area (Å²) >= 11 is 0.804. The van der Waals surface area contributed by atoms with Gasteiger partial charge in [-0.05, 0) is 12.1 Å². The first kappa shape index (κ1) is 15.5. The molecule has 1 aromatic carbocycles. The quantitative estimate of drug-likeness (QED) is 0.844. The number of aromatic carboxylic acids is 1. The van der Waals surface area contributed by atoms with Crippen LogP contribution in [0.25, 0.3) is 10.6 Å². The summed E-state index contributed by atoms with van der Waals surface area (Å²) in [5.41, 5.74) is -0.214. The summed E-state index contributed by atoms with van der Waals surface area (Å²) in [5, 5.41) is 9.34. The zero-order chi connectivity index (χ0) is 15.9. The zero-order valence-corrected chi connectivity index (χ0v) is 12.3. The van der Waals surface area contributed by atoms with Gasteiger partial charge in [-0.2, -0.15) is 0 Å². The fraction of sp³-hybridized carbons (Fsp3) is 0.286. The molecule has 0 saturated heterocycles. The van der Waals surface area contributed by atoms with Crippen LogP contribution in [0.15, 0.2) is 12.1 Å². The summed E-state index contributed by atoms with van der Waals surface area (Å²) in [4.78, 5) is 15.4. The summed E-state index contributed by atoms with van der Waals surface area (Å²) in [6, 6.07) is 1.60. The summed E-state index contributed by atoms with van der Waals surface area (Å²) < 4.78 is 39.5. The average Bonchev–Trinajstić information content (AvgIpc) is 2.80. The molecule has 1 N–H and O–H groups in total. The van der Waals surface area contributed by atoms with E-state index in [4.69, 9.17) is 0 Å². The number of benzene rings is 1. The van der Waals surface area contributed by atoms with E-state index in [1.165, 1.54) is 0 Å². The molecule has 1 aromatic heterocycles. The van der Waals surface area contributed by atoms with Crippen LogP contribution in [0, 0.1) is 17.5 Å². The Kier molecular flexibility index (Phi) is 3.79. The van der Waals surface area contributed by atoms with E-state index in [0.717, 1.165) is 23.5 Å². The molecule has 0 fully saturated rings. The second kappa shape index (κ2) is 5.14. The molecule has 0 radical (unpaired) electrons. The van der Waals surface area contributed by atoms with Crippen molar-refractivity contribution >= 4 is 17.3 Å². The van der Waals surface area contributed by atoms with Gasteiger partial charge in [0.1, 0.15) is 9.88 Å². The number of nitrogens with zero attached hydrogens (tertiary/aromatic N) is 1. The lowest BCUT2D eigenvalue weighted by atomic mass is 9.91. The molecule has 0 amide bonds. The molecular formula is C14H12F3NO2S. The van der Waals surface area contributed by atoms with E-state index in [-0.39, 0.29) is 15.4 Å². The number of carboxylic acid groups (broad SMARTS) is 1. The van der Waals surface area contributed by atoms with E-state index in [1.807, 2.05) is 0 Å². The Morgan fingerprint density at radius 2 is 1.71 bits per heavy atom. The Balaban J connectivity index is 2.64. The van der Waals surface area contributed by atoms with Crippen molar-refractivity contribution in [1.82, 2.24) is 4.98 Å². The van der Waals surface area contributed by atoms with Gasteiger partial charge in [0, 0.05) is 11.0 Å². The van der Waals surface area contributed by atoms with E-state index in [1.54, 1.807) is 20.8 Å². The monoisotopic (exact) mass is 315 g/mol. The highest BCUT2D eigenvalue weighted by atomic mass is 32.1. The molecule has 21 heavy (non-hydrogen) atoms. The average molecular weight is 315 g/mol. The maximum absolute atomic E-state index is 13.3. The van der Waals surface area contributed by atoms with Gasteiger partial charge in [-0.3, -0.25) is 0 Å². The number of rotatable bonds is 2. The van der Waals surface area contributed by atoms with Crippen molar-refractivity contribution in [2.24, 2.45) is 0 Å². The molecular weight excluding hydrogens is 303 g/mol. The standard InChI is InChI=1S/C14H12F3NO2S/c1-14(2,3)11-10(13(19)20)21-12(18-11)6-4-7(15)9(17)8(16)5-6/h4-5H,1-3H3,(H,19,20). The Morgan fingerprint density at radius 3 is 2.10 bits per heavy atom. The number of hydrogen-bond donors (Lipinski definition) is 1. The Bertz CT molecular complexity index is 696. The van der Waals surface area contributed by atoms with Crippen molar-refractivity contribution in [3.8, 4) is 10.6 Å². The van der Waals surface area contributed by atoms with Crippen LogP contribution in [0.5, 0.6) is 0 Å². The molecule has 112 valence electrons. The van der Waals surface area contributed by atoms with Crippen LogP contribution in [-0.2, 0) is 5.41 Å². The van der Waals surface area contributed by atoms with Gasteiger partial charge in [-0.15, -0.1) is 11.3 Å². The van der Waals surface area contributed by atoms with Gasteiger partial charge in [0.2, 0.25) is 0 Å². The van der Waals surface area contributed by atoms with Crippen molar-refractivity contribution in [3.63, 3.8) is 0 Å². The number of carboxylic acids is 1. The van der Waals surface area contributed by atoms with Crippen molar-refractivity contribution in [2.45, 2.75) is 26.2 Å². The van der Waals surface area contributed by atoms with Gasteiger partial charge in [0.15, 0.2) is 17.5 Å². The normalized spacial score (nSPS) is 11.7. The third kappa shape index (κ3) is 2.92. The van der Waals surface area contributed by atoms with E-state index < -0.39 is 28.8 Å². The smallest absolute Gasteiger partial charge is 0.347 e. The molecule has 1 heterocycles. The molecule has 2 aromatic rings. The maximum Gasteiger partial charge on any atom is 0.347 e. The first-order chi connectivity index (χ1) is 9.61. The van der Waals surface area contributed by atoms with Gasteiger partial charge in [-0.25, -0.2) is 22.9 Å². The number of halogens is 3. The molecule has 7 heteroatoms. The van der Waals surface area contributed by atoms with Gasteiger partial charge in [-0.1, -0.05) is 20.8 Å². The Labute approximate surface area is 123 Å². The molecule has 0 bridgehead atoms. The molecule has 0 aliphatic carbocycles. The van der Waals surface area contributed by atoms with E-state index in [0.29, 0.717) is 5.69 Å². The minimum Gasteiger partial charge on any atom is -0.477 e. The molecule has 0 saturated carbocycles. The first-order valence-electron chi connectivity index (χ1n) is 6.00. The second-order valence-electron chi connectivity index (χ2n) is 5.51. The highest BCUT2D eigenvalue weighted by molar-refractivity contribution is 7.17. The highest BCUT2D eigenvalue weighted by Crippen LogP contribution is 2.35. The van der Waals surface area contributed by atoms with E-state index in [2.05, 4.69) is 4.98 Å². The van der Waals surface area contributed by atoms with Crippen LogP contribution < -0.4 is 0 Å². The Hall–Kier alpha value is -1.89. The second-order valence-corrected chi connectivity index (χ2v) is 6.50. The number of aromatic nitrogens is 1. The minimum absolute atomic E-state index is 0.00245. The fourth-order valence-electron chi connectivity index (χ4n) is 1.78. The van der Waals surface area contributed by atoms with E-state index in [9.17, 15) is 23.1 Å². The lowest BCUT2D eigenvalue weighted by molar-refractivity contribution is 0.0699. The summed E-state index contributed by atoms with van der Waals surface area (Å²) in [6.45, 7) is 5.35. The van der Waals surface area contributed by atoms with Gasteiger partial charge in [0.05, 0.1) is 5.69 Å². The first-order valence-corrected chi connectivity index (χ1v) is 6.82. The Morgan fingerprint density at radius 1 is 1.19 bits per heavy atom. The van der Waals surface area contributed by atoms with Crippen molar-refractivity contribution in [2.75, 3.05) is 0 Å². The van der Waals surface area contributed by atoms with Crippen LogP contribution in [0.2, 0.25) is 0 Å². The molecule has 2 rings (SSSR count). The van der Waals surface area contributed by atoms with Crippen LogP contribution >= 0.6 is 11.3 Å². The summed E-state index contributed by atoms with van der Waals surface area (Å²) in [7, 11) is 0. The summed E-state index contributed by atoms with van der Waals surface area (Å²) in [5.74, 6) is -5.40. The molecule has 0 spiro atoms. The largest absolute Gasteiger partial charge is 0.477 e. The molecule has 0 atom stereocenters. The van der Waals surface area contributed by atoms with Crippen LogP contribution in [-0.4, -0.2) is 16.1 Å². The molecule has 0 aliphatic heterocycles. The topological polar surface area (TPSA) is 50.2 Å². The van der Waals surface area contributed by atoms with Gasteiger partial charge in [0.25, 0.3) is 0 Å². The fourth-order valence-corrected chi connectivity index (χ4v) is 2.88. The zero-order valence-electron chi connectivity index (χ0n) is 11.5. The number of carbonyl (C=O) groups is 1. The van der Waals surface area contributed by atoms with Crippen LogP contribution in [0.4, 0.5) is 13.2 Å². The summed E-state index contributed by atoms with van der Waals surface area (Å²) in [6.07, 6.45) is 0. The SMILES string of the molecule is CC(C)(C)c1nc(-c2cc(F)c(F)c(F)c2)sc1C(=O)O. The predicted octanol–water partition coefficient (Wildman–Crippen LogP) is 4.22. The third-order valence-corrected chi connectivity index (χ3v) is 3.86. The third-order valence-electron chi connectivity index (χ3n) is 2.76. The predicted molar refractivity (Wildman–Crippen MR) is 73.1 cm³/mol. The van der Waals surface area contributed by atoms with Crippen molar-refractivity contribution in [3.05, 3.63) is 40.2 Å². The molecule has 0 unspecified atom stereocenters. The lowest BCUT2D eigenvalue weighted by Gasteiger charge is -2.16. The van der Waals surface area contributed by atoms with Gasteiger partial charge < -0.3 is 5.11 Å². The lowest BCUT2D eigenvalue weighted by Crippen LogP contribution is -2.16. The van der Waals surface area contributed by atoms with Gasteiger partial charge >= 0.3 is 5.97 Å². The van der Waals surface area contributed by atoms with Crippen LogP contribution in [0.3, 0.4) is 0 Å². The van der Waals surface area contributed by atoms with Crippen molar-refractivity contribution < 1.29 is 23.1 Å². The molecule has 3 nitrogen and oxygen atoms in total. The number of thiazole rings is 1.